The van der Waals surface area contributed by atoms with Crippen molar-refractivity contribution in [2.75, 3.05) is 12.1 Å². The Kier molecular flexibility index (Phi) is 16.9. The third kappa shape index (κ3) is 16.4. The van der Waals surface area contributed by atoms with E-state index in [1.54, 1.807) is 0 Å². The molecule has 0 fully saturated rings. The van der Waals surface area contributed by atoms with E-state index in [4.69, 9.17) is 4.74 Å². The number of hydrogen-bond acceptors (Lipinski definition) is 1. The number of alkyl halides is 1. The van der Waals surface area contributed by atoms with Gasteiger partial charge in [0.25, 0.3) is 0 Å². The van der Waals surface area contributed by atoms with E-state index in [9.17, 15) is 0 Å². The molecule has 2 heteroatoms. The SMILES string of the molecule is CCCCCCCCCCCCCCOCBr. The maximum absolute atomic E-state index is 5.24. The summed E-state index contributed by atoms with van der Waals surface area (Å²) in [5, 5.41) is 0. The van der Waals surface area contributed by atoms with Gasteiger partial charge in [0.2, 0.25) is 0 Å². The zero-order valence-corrected chi connectivity index (χ0v) is 13.3. The largest absolute Gasteiger partial charge is 0.370 e. The van der Waals surface area contributed by atoms with Crippen LogP contribution in [0.2, 0.25) is 0 Å². The van der Waals surface area contributed by atoms with Gasteiger partial charge in [0.15, 0.2) is 0 Å². The molecular weight excluding hydrogens is 276 g/mol. The van der Waals surface area contributed by atoms with Gasteiger partial charge in [0, 0.05) is 6.61 Å². The van der Waals surface area contributed by atoms with Gasteiger partial charge in [-0.05, 0) is 6.42 Å². The van der Waals surface area contributed by atoms with Crippen molar-refractivity contribution in [2.24, 2.45) is 0 Å². The molecule has 0 rings (SSSR count). The monoisotopic (exact) mass is 306 g/mol. The van der Waals surface area contributed by atoms with Gasteiger partial charge in [-0.15, -0.1) is 0 Å². The lowest BCUT2D eigenvalue weighted by atomic mass is 10.1. The van der Waals surface area contributed by atoms with Crippen molar-refractivity contribution >= 4 is 15.9 Å². The van der Waals surface area contributed by atoms with Crippen LogP contribution in [0.1, 0.15) is 84.0 Å². The molecule has 0 amide bonds. The van der Waals surface area contributed by atoms with Gasteiger partial charge in [-0.3, -0.25) is 0 Å². The fourth-order valence-corrected chi connectivity index (χ4v) is 2.33. The molecule has 0 radical (unpaired) electrons. The molecular formula is C15H31BrO. The maximum atomic E-state index is 5.24. The van der Waals surface area contributed by atoms with Crippen molar-refractivity contribution in [2.45, 2.75) is 84.0 Å². The van der Waals surface area contributed by atoms with Gasteiger partial charge in [-0.1, -0.05) is 93.5 Å². The summed E-state index contributed by atoms with van der Waals surface area (Å²) in [4.78, 5) is 0. The lowest BCUT2D eigenvalue weighted by Gasteiger charge is -2.02. The lowest BCUT2D eigenvalue weighted by molar-refractivity contribution is 0.180. The highest BCUT2D eigenvalue weighted by Gasteiger charge is 1.93. The summed E-state index contributed by atoms with van der Waals surface area (Å²) in [7, 11) is 0. The Hall–Kier alpha value is 0.440. The molecule has 0 aliphatic rings. The first-order valence-corrected chi connectivity index (χ1v) is 8.67. The van der Waals surface area contributed by atoms with Gasteiger partial charge >= 0.3 is 0 Å². The molecule has 17 heavy (non-hydrogen) atoms. The molecule has 104 valence electrons. The fraction of sp³-hybridized carbons (Fsp3) is 1.00. The maximum Gasteiger partial charge on any atom is 0.101 e. The second kappa shape index (κ2) is 16.4. The molecule has 0 aromatic rings. The molecule has 0 heterocycles. The van der Waals surface area contributed by atoms with E-state index in [1.165, 1.54) is 77.0 Å². The van der Waals surface area contributed by atoms with Crippen molar-refractivity contribution in [1.82, 2.24) is 0 Å². The van der Waals surface area contributed by atoms with Crippen molar-refractivity contribution in [3.63, 3.8) is 0 Å². The first kappa shape index (κ1) is 17.4. The highest BCUT2D eigenvalue weighted by Crippen LogP contribution is 2.11. The molecule has 0 aromatic carbocycles. The molecule has 0 spiro atoms. The first-order chi connectivity index (χ1) is 8.41. The second-order valence-corrected chi connectivity index (χ2v) is 5.36. The van der Waals surface area contributed by atoms with Crippen LogP contribution < -0.4 is 0 Å². The summed E-state index contributed by atoms with van der Waals surface area (Å²) < 4.78 is 5.24. The molecule has 0 atom stereocenters. The molecule has 0 bridgehead atoms. The summed E-state index contributed by atoms with van der Waals surface area (Å²) in [6.45, 7) is 3.20. The highest BCUT2D eigenvalue weighted by molar-refractivity contribution is 9.09. The zero-order valence-electron chi connectivity index (χ0n) is 11.7. The summed E-state index contributed by atoms with van der Waals surface area (Å²) in [6.07, 6.45) is 16.9. The third-order valence-electron chi connectivity index (χ3n) is 3.22. The second-order valence-electron chi connectivity index (χ2n) is 4.91. The van der Waals surface area contributed by atoms with E-state index in [1.807, 2.05) is 0 Å². The molecule has 1 nitrogen and oxygen atoms in total. The predicted molar refractivity (Wildman–Crippen MR) is 80.8 cm³/mol. The Morgan fingerprint density at radius 3 is 1.47 bits per heavy atom. The molecule has 0 aromatic heterocycles. The summed E-state index contributed by atoms with van der Waals surface area (Å²) in [5.74, 6) is 0. The summed E-state index contributed by atoms with van der Waals surface area (Å²) in [5.41, 5.74) is 0.686. The number of hydrogen-bond donors (Lipinski definition) is 0. The smallest absolute Gasteiger partial charge is 0.101 e. The number of halogens is 1. The molecule has 0 aliphatic heterocycles. The molecule has 0 aliphatic carbocycles. The minimum atomic E-state index is 0.686. The van der Waals surface area contributed by atoms with Crippen LogP contribution in [0.15, 0.2) is 0 Å². The van der Waals surface area contributed by atoms with Crippen molar-refractivity contribution < 1.29 is 4.74 Å². The predicted octanol–water partition coefficient (Wildman–Crippen LogP) is 6.06. The minimum absolute atomic E-state index is 0.686. The first-order valence-electron chi connectivity index (χ1n) is 7.55. The van der Waals surface area contributed by atoms with E-state index in [0.29, 0.717) is 5.52 Å². The number of unbranched alkanes of at least 4 members (excludes halogenated alkanes) is 11. The summed E-state index contributed by atoms with van der Waals surface area (Å²) >= 11 is 3.26. The van der Waals surface area contributed by atoms with Crippen LogP contribution in [-0.4, -0.2) is 12.1 Å². The van der Waals surface area contributed by atoms with Gasteiger partial charge in [-0.2, -0.15) is 0 Å². The number of ether oxygens (including phenoxy) is 1. The molecule has 0 saturated heterocycles. The average Bonchev–Trinajstić information content (AvgIpc) is 2.35. The van der Waals surface area contributed by atoms with E-state index >= 15 is 0 Å². The van der Waals surface area contributed by atoms with Gasteiger partial charge in [0.1, 0.15) is 5.52 Å². The molecule has 0 N–H and O–H groups in total. The Balaban J connectivity index is 2.85. The zero-order chi connectivity index (χ0) is 12.6. The van der Waals surface area contributed by atoms with Gasteiger partial charge < -0.3 is 4.74 Å². The molecule has 0 saturated carbocycles. The van der Waals surface area contributed by atoms with Crippen LogP contribution >= 0.6 is 15.9 Å². The quantitative estimate of drug-likeness (QED) is 0.280. The topological polar surface area (TPSA) is 9.23 Å². The summed E-state index contributed by atoms with van der Waals surface area (Å²) in [6, 6.07) is 0. The molecule has 0 unspecified atom stereocenters. The average molecular weight is 307 g/mol. The Bertz CT molecular complexity index is 114. The van der Waals surface area contributed by atoms with Gasteiger partial charge in [0.05, 0.1) is 0 Å². The van der Waals surface area contributed by atoms with Crippen LogP contribution in [0.3, 0.4) is 0 Å². The van der Waals surface area contributed by atoms with Crippen LogP contribution in [0.25, 0.3) is 0 Å². The Morgan fingerprint density at radius 1 is 0.647 bits per heavy atom. The van der Waals surface area contributed by atoms with E-state index < -0.39 is 0 Å². The van der Waals surface area contributed by atoms with E-state index in [0.717, 1.165) is 6.61 Å². The Morgan fingerprint density at radius 2 is 1.06 bits per heavy atom. The van der Waals surface area contributed by atoms with Crippen molar-refractivity contribution in [3.8, 4) is 0 Å². The van der Waals surface area contributed by atoms with E-state index in [-0.39, 0.29) is 0 Å². The van der Waals surface area contributed by atoms with Crippen LogP contribution in [-0.2, 0) is 4.74 Å². The van der Waals surface area contributed by atoms with Gasteiger partial charge in [-0.25, -0.2) is 0 Å². The van der Waals surface area contributed by atoms with Crippen LogP contribution in [0.4, 0.5) is 0 Å². The lowest BCUT2D eigenvalue weighted by Crippen LogP contribution is -1.91. The Labute approximate surface area is 117 Å². The van der Waals surface area contributed by atoms with Crippen LogP contribution in [0.5, 0.6) is 0 Å². The third-order valence-corrected chi connectivity index (χ3v) is 3.54. The normalized spacial score (nSPS) is 10.9. The van der Waals surface area contributed by atoms with Crippen molar-refractivity contribution in [1.29, 1.82) is 0 Å². The minimum Gasteiger partial charge on any atom is -0.370 e. The van der Waals surface area contributed by atoms with E-state index in [2.05, 4.69) is 22.9 Å². The number of rotatable bonds is 14. The fourth-order valence-electron chi connectivity index (χ4n) is 2.10. The highest BCUT2D eigenvalue weighted by atomic mass is 79.9. The standard InChI is InChI=1S/C15H31BrO/c1-2-3-4-5-6-7-8-9-10-11-12-13-14-17-15-16/h2-15H2,1H3. The van der Waals surface area contributed by atoms with Crippen LogP contribution in [0, 0.1) is 0 Å². The van der Waals surface area contributed by atoms with Crippen molar-refractivity contribution in [3.05, 3.63) is 0 Å².